The maximum atomic E-state index is 13.4. The molecular formula is C18H28Cl2N4O2S. The Balaban J connectivity index is 0.00000338. The van der Waals surface area contributed by atoms with E-state index in [0.29, 0.717) is 35.3 Å². The van der Waals surface area contributed by atoms with Crippen molar-refractivity contribution in [2.45, 2.75) is 23.3 Å². The van der Waals surface area contributed by atoms with Crippen molar-refractivity contribution in [1.29, 1.82) is 0 Å². The minimum Gasteiger partial charge on any atom is -0.399 e. The molecular weight excluding hydrogens is 407 g/mol. The summed E-state index contributed by atoms with van der Waals surface area (Å²) >= 11 is 0. The largest absolute Gasteiger partial charge is 0.399 e. The van der Waals surface area contributed by atoms with Crippen LogP contribution >= 0.6 is 24.8 Å². The molecule has 9 heteroatoms. The third kappa shape index (κ3) is 6.26. The first-order valence-electron chi connectivity index (χ1n) is 8.24. The van der Waals surface area contributed by atoms with Crippen LogP contribution in [0, 0.1) is 0 Å². The van der Waals surface area contributed by atoms with Crippen LogP contribution in [0.15, 0.2) is 48.5 Å². The number of hydrogen-bond acceptors (Lipinski definition) is 6. The van der Waals surface area contributed by atoms with Crippen molar-refractivity contribution < 1.29 is 8.42 Å². The van der Waals surface area contributed by atoms with Crippen molar-refractivity contribution >= 4 is 46.0 Å². The minimum atomic E-state index is -3.56. The van der Waals surface area contributed by atoms with E-state index in [2.05, 4.69) is 0 Å². The van der Waals surface area contributed by atoms with Gasteiger partial charge in [0.25, 0.3) is 0 Å². The van der Waals surface area contributed by atoms with Gasteiger partial charge in [0.05, 0.1) is 10.5 Å². The van der Waals surface area contributed by atoms with E-state index in [1.165, 1.54) is 0 Å². The normalized spacial score (nSPS) is 13.1. The van der Waals surface area contributed by atoms with Crippen LogP contribution in [0.25, 0.3) is 0 Å². The van der Waals surface area contributed by atoms with Gasteiger partial charge < -0.3 is 22.9 Å². The van der Waals surface area contributed by atoms with E-state index in [-0.39, 0.29) is 37.9 Å². The lowest BCUT2D eigenvalue weighted by atomic mass is 10.1. The molecule has 0 aliphatic rings. The predicted molar refractivity (Wildman–Crippen MR) is 118 cm³/mol. The fraction of sp³-hybridized carbons (Fsp3) is 0.333. The van der Waals surface area contributed by atoms with E-state index in [0.717, 1.165) is 0 Å². The highest BCUT2D eigenvalue weighted by Crippen LogP contribution is 2.38. The number of nitrogen functional groups attached to an aromatic ring is 2. The Morgan fingerprint density at radius 2 is 0.963 bits per heavy atom. The van der Waals surface area contributed by atoms with Gasteiger partial charge in [0, 0.05) is 11.4 Å². The molecule has 0 saturated carbocycles. The molecule has 0 radical (unpaired) electrons. The van der Waals surface area contributed by atoms with Crippen molar-refractivity contribution in [1.82, 2.24) is 0 Å². The molecule has 0 amide bonds. The molecule has 2 atom stereocenters. The van der Waals surface area contributed by atoms with Gasteiger partial charge in [-0.2, -0.15) is 0 Å². The molecule has 0 aromatic heterocycles. The molecule has 0 spiro atoms. The summed E-state index contributed by atoms with van der Waals surface area (Å²) in [5.74, 6) is 0. The molecule has 2 unspecified atom stereocenters. The average Bonchev–Trinajstić information content (AvgIpc) is 2.59. The molecule has 2 aromatic carbocycles. The summed E-state index contributed by atoms with van der Waals surface area (Å²) in [6, 6.07) is 13.8. The quantitative estimate of drug-likeness (QED) is 0.470. The van der Waals surface area contributed by atoms with Gasteiger partial charge in [-0.15, -0.1) is 24.8 Å². The molecule has 0 fully saturated rings. The lowest BCUT2D eigenvalue weighted by Crippen LogP contribution is -2.25. The van der Waals surface area contributed by atoms with Crippen LogP contribution in [0.1, 0.15) is 34.5 Å². The van der Waals surface area contributed by atoms with Gasteiger partial charge in [0.1, 0.15) is 0 Å². The number of rotatable bonds is 8. The topological polar surface area (TPSA) is 138 Å². The zero-order valence-electron chi connectivity index (χ0n) is 15.0. The second kappa shape index (κ2) is 11.4. The lowest BCUT2D eigenvalue weighted by molar-refractivity contribution is 0.556. The van der Waals surface area contributed by atoms with Gasteiger partial charge in [-0.3, -0.25) is 0 Å². The van der Waals surface area contributed by atoms with Crippen LogP contribution in [-0.2, 0) is 9.84 Å². The van der Waals surface area contributed by atoms with Crippen molar-refractivity contribution in [2.24, 2.45) is 11.5 Å². The van der Waals surface area contributed by atoms with Crippen LogP contribution in [-0.4, -0.2) is 21.5 Å². The predicted octanol–water partition coefficient (Wildman–Crippen LogP) is 2.59. The highest BCUT2D eigenvalue weighted by atomic mass is 35.5. The highest BCUT2D eigenvalue weighted by Gasteiger charge is 2.35. The van der Waals surface area contributed by atoms with E-state index >= 15 is 0 Å². The first kappa shape index (κ1) is 25.5. The molecule has 0 saturated heterocycles. The molecule has 8 N–H and O–H groups in total. The van der Waals surface area contributed by atoms with E-state index in [1.807, 2.05) is 0 Å². The van der Waals surface area contributed by atoms with E-state index in [9.17, 15) is 8.42 Å². The zero-order chi connectivity index (χ0) is 18.4. The molecule has 0 aliphatic carbocycles. The summed E-state index contributed by atoms with van der Waals surface area (Å²) in [7, 11) is -3.56. The van der Waals surface area contributed by atoms with Crippen LogP contribution in [0.5, 0.6) is 0 Å². The van der Waals surface area contributed by atoms with E-state index in [4.69, 9.17) is 22.9 Å². The van der Waals surface area contributed by atoms with Gasteiger partial charge in [-0.05, 0) is 61.3 Å². The second-order valence-corrected chi connectivity index (χ2v) is 8.37. The van der Waals surface area contributed by atoms with Crippen molar-refractivity contribution in [3.63, 3.8) is 0 Å². The number of halogens is 2. The van der Waals surface area contributed by atoms with Gasteiger partial charge >= 0.3 is 0 Å². The lowest BCUT2D eigenvalue weighted by Gasteiger charge is -2.25. The van der Waals surface area contributed by atoms with Gasteiger partial charge in [-0.1, -0.05) is 24.3 Å². The summed E-state index contributed by atoms with van der Waals surface area (Å²) in [6.07, 6.45) is 0.671. The molecule has 152 valence electrons. The van der Waals surface area contributed by atoms with Gasteiger partial charge in [0.15, 0.2) is 9.84 Å². The van der Waals surface area contributed by atoms with Gasteiger partial charge in [0.2, 0.25) is 0 Å². The molecule has 0 aliphatic heterocycles. The monoisotopic (exact) mass is 434 g/mol. The standard InChI is InChI=1S/C18H26N4O2S.2ClH/c19-11-9-17(13-1-5-15(21)6-2-13)25(23,24)18(10-12-20)14-3-7-16(22)8-4-14;;/h1-8,17-18H,9-12,19-22H2;2*1H. The first-order valence-corrected chi connectivity index (χ1v) is 9.84. The van der Waals surface area contributed by atoms with E-state index < -0.39 is 20.3 Å². The Labute approximate surface area is 173 Å². The van der Waals surface area contributed by atoms with Crippen molar-refractivity contribution in [2.75, 3.05) is 24.6 Å². The maximum absolute atomic E-state index is 13.4. The number of benzene rings is 2. The maximum Gasteiger partial charge on any atom is 0.164 e. The Bertz CT molecular complexity index is 723. The molecule has 2 rings (SSSR count). The third-order valence-corrected chi connectivity index (χ3v) is 6.87. The summed E-state index contributed by atoms with van der Waals surface area (Å²) in [6.45, 7) is 0.538. The average molecular weight is 435 g/mol. The second-order valence-electron chi connectivity index (χ2n) is 6.05. The molecule has 0 heterocycles. The van der Waals surface area contributed by atoms with Crippen LogP contribution < -0.4 is 22.9 Å². The fourth-order valence-corrected chi connectivity index (χ4v) is 5.36. The van der Waals surface area contributed by atoms with Crippen LogP contribution in [0.4, 0.5) is 11.4 Å². The minimum absolute atomic E-state index is 0. The number of hydrogen-bond donors (Lipinski definition) is 4. The summed E-state index contributed by atoms with van der Waals surface area (Å²) in [4.78, 5) is 0. The summed E-state index contributed by atoms with van der Waals surface area (Å²) < 4.78 is 26.8. The van der Waals surface area contributed by atoms with E-state index in [1.54, 1.807) is 48.5 Å². The molecule has 27 heavy (non-hydrogen) atoms. The highest BCUT2D eigenvalue weighted by molar-refractivity contribution is 7.91. The van der Waals surface area contributed by atoms with Crippen molar-refractivity contribution in [3.05, 3.63) is 59.7 Å². The SMILES string of the molecule is Cl.Cl.NCCC(c1ccc(N)cc1)S(=O)(=O)C(CCN)c1ccc(N)cc1. The Kier molecular flexibility index (Phi) is 10.7. The third-order valence-electron chi connectivity index (χ3n) is 4.27. The Morgan fingerprint density at radius 3 is 1.22 bits per heavy atom. The number of sulfone groups is 1. The number of anilines is 2. The van der Waals surface area contributed by atoms with Gasteiger partial charge in [-0.25, -0.2) is 8.42 Å². The fourth-order valence-electron chi connectivity index (χ4n) is 2.96. The zero-order valence-corrected chi connectivity index (χ0v) is 17.4. The van der Waals surface area contributed by atoms with Crippen LogP contribution in [0.3, 0.4) is 0 Å². The summed E-state index contributed by atoms with van der Waals surface area (Å²) in [5.41, 5.74) is 25.4. The molecule has 6 nitrogen and oxygen atoms in total. The Morgan fingerprint density at radius 1 is 0.667 bits per heavy atom. The molecule has 2 aromatic rings. The number of nitrogens with two attached hydrogens (primary N) is 4. The Hall–Kier alpha value is -1.51. The van der Waals surface area contributed by atoms with Crippen LogP contribution in [0.2, 0.25) is 0 Å². The summed E-state index contributed by atoms with van der Waals surface area (Å²) in [5, 5.41) is -1.40. The molecule has 0 bridgehead atoms. The van der Waals surface area contributed by atoms with Crippen molar-refractivity contribution in [3.8, 4) is 0 Å². The first-order chi connectivity index (χ1) is 11.9. The smallest absolute Gasteiger partial charge is 0.164 e.